The summed E-state index contributed by atoms with van der Waals surface area (Å²) in [5.41, 5.74) is 2.31. The number of rotatable bonds is 1. The van der Waals surface area contributed by atoms with E-state index in [9.17, 15) is 0 Å². The molecule has 0 bridgehead atoms. The molecule has 2 aromatic heterocycles. The van der Waals surface area contributed by atoms with E-state index in [-0.39, 0.29) is 0 Å². The van der Waals surface area contributed by atoms with Crippen molar-refractivity contribution in [3.63, 3.8) is 0 Å². The first-order chi connectivity index (χ1) is 7.84. The molecule has 0 amide bonds. The molecule has 1 aromatic carbocycles. The lowest BCUT2D eigenvalue weighted by Gasteiger charge is -2.00. The number of pyridine rings is 1. The molecule has 16 heavy (non-hydrogen) atoms. The van der Waals surface area contributed by atoms with Gasteiger partial charge in [-0.25, -0.2) is 4.98 Å². The lowest BCUT2D eigenvalue weighted by molar-refractivity contribution is 0.817. The van der Waals surface area contributed by atoms with Crippen LogP contribution in [0.5, 0.6) is 0 Å². The molecule has 2 heterocycles. The zero-order chi connectivity index (χ0) is 11.0. The molecule has 0 saturated carbocycles. The Morgan fingerprint density at radius 1 is 1.00 bits per heavy atom. The third kappa shape index (κ3) is 1.44. The Bertz CT molecular complexity index is 633. The molecular weight excluding hydrogens is 224 g/mol. The summed E-state index contributed by atoms with van der Waals surface area (Å²) < 4.78 is 1.67. The topological polar surface area (TPSA) is 43.6 Å². The van der Waals surface area contributed by atoms with Gasteiger partial charge in [-0.3, -0.25) is 0 Å². The third-order valence-corrected chi connectivity index (χ3v) is 2.47. The van der Waals surface area contributed by atoms with E-state index in [4.69, 9.17) is 11.6 Å². The molecule has 4 nitrogen and oxygen atoms in total. The molecule has 0 saturated heterocycles. The van der Waals surface area contributed by atoms with E-state index in [1.165, 1.54) is 0 Å². The Morgan fingerprint density at radius 2 is 1.81 bits per heavy atom. The fourth-order valence-corrected chi connectivity index (χ4v) is 1.67. The predicted molar refractivity (Wildman–Crippen MR) is 61.7 cm³/mol. The quantitative estimate of drug-likeness (QED) is 0.603. The largest absolute Gasteiger partial charge is 0.215 e. The first kappa shape index (κ1) is 9.30. The minimum Gasteiger partial charge on any atom is -0.215 e. The van der Waals surface area contributed by atoms with E-state index in [1.807, 2.05) is 30.3 Å². The minimum atomic E-state index is 0.437. The molecule has 78 valence electrons. The van der Waals surface area contributed by atoms with Crippen molar-refractivity contribution in [2.45, 2.75) is 0 Å². The van der Waals surface area contributed by atoms with Gasteiger partial charge in [0, 0.05) is 0 Å². The van der Waals surface area contributed by atoms with Gasteiger partial charge in [-0.15, -0.1) is 5.10 Å². The number of aromatic nitrogens is 4. The molecule has 0 unspecified atom stereocenters. The second-order valence-corrected chi connectivity index (χ2v) is 3.70. The number of hydrogen-bond donors (Lipinski definition) is 0. The first-order valence-electron chi connectivity index (χ1n) is 4.78. The maximum absolute atomic E-state index is 5.86. The number of benzene rings is 1. The van der Waals surface area contributed by atoms with Crippen LogP contribution in [0.15, 0.2) is 42.5 Å². The van der Waals surface area contributed by atoms with Gasteiger partial charge in [-0.05, 0) is 24.3 Å². The summed E-state index contributed by atoms with van der Waals surface area (Å²) in [5.74, 6) is 0. The Morgan fingerprint density at radius 3 is 2.62 bits per heavy atom. The average molecular weight is 231 g/mol. The van der Waals surface area contributed by atoms with Crippen LogP contribution in [-0.4, -0.2) is 20.0 Å². The average Bonchev–Trinajstić information content (AvgIpc) is 2.73. The van der Waals surface area contributed by atoms with Gasteiger partial charge in [0.15, 0.2) is 5.65 Å². The Kier molecular flexibility index (Phi) is 2.08. The molecule has 0 spiro atoms. The van der Waals surface area contributed by atoms with Crippen LogP contribution in [0.2, 0.25) is 5.15 Å². The van der Waals surface area contributed by atoms with Gasteiger partial charge in [-0.2, -0.15) is 4.68 Å². The van der Waals surface area contributed by atoms with Crippen LogP contribution in [0.25, 0.3) is 16.9 Å². The van der Waals surface area contributed by atoms with E-state index in [1.54, 1.807) is 16.8 Å². The molecule has 0 fully saturated rings. The third-order valence-electron chi connectivity index (χ3n) is 2.26. The fourth-order valence-electron chi connectivity index (χ4n) is 1.53. The second-order valence-electron chi connectivity index (χ2n) is 3.31. The first-order valence-corrected chi connectivity index (χ1v) is 5.16. The van der Waals surface area contributed by atoms with Crippen molar-refractivity contribution >= 4 is 22.8 Å². The maximum atomic E-state index is 5.86. The minimum absolute atomic E-state index is 0.437. The predicted octanol–water partition coefficient (Wildman–Crippen LogP) is 2.47. The van der Waals surface area contributed by atoms with E-state index < -0.39 is 0 Å². The summed E-state index contributed by atoms with van der Waals surface area (Å²) in [4.78, 5) is 4.22. The van der Waals surface area contributed by atoms with Crippen molar-refractivity contribution in [2.75, 3.05) is 0 Å². The number of nitrogens with zero attached hydrogens (tertiary/aromatic N) is 4. The summed E-state index contributed by atoms with van der Waals surface area (Å²) in [6.07, 6.45) is 0. The molecule has 0 aliphatic heterocycles. The van der Waals surface area contributed by atoms with E-state index in [2.05, 4.69) is 15.3 Å². The maximum Gasteiger partial charge on any atom is 0.185 e. The summed E-state index contributed by atoms with van der Waals surface area (Å²) in [6.45, 7) is 0. The van der Waals surface area contributed by atoms with Gasteiger partial charge in [0.1, 0.15) is 10.7 Å². The van der Waals surface area contributed by atoms with Crippen LogP contribution in [0.3, 0.4) is 0 Å². The number of para-hydroxylation sites is 1. The van der Waals surface area contributed by atoms with Crippen molar-refractivity contribution in [3.8, 4) is 5.69 Å². The highest BCUT2D eigenvalue weighted by molar-refractivity contribution is 6.29. The molecule has 0 aliphatic carbocycles. The number of hydrogen-bond acceptors (Lipinski definition) is 3. The van der Waals surface area contributed by atoms with Crippen LogP contribution in [0, 0.1) is 0 Å². The van der Waals surface area contributed by atoms with Crippen LogP contribution >= 0.6 is 11.6 Å². The van der Waals surface area contributed by atoms with Crippen molar-refractivity contribution < 1.29 is 0 Å². The lowest BCUT2D eigenvalue weighted by atomic mass is 10.3. The second kappa shape index (κ2) is 3.57. The van der Waals surface area contributed by atoms with Crippen LogP contribution < -0.4 is 0 Å². The monoisotopic (exact) mass is 230 g/mol. The molecule has 0 atom stereocenters. The highest BCUT2D eigenvalue weighted by atomic mass is 35.5. The van der Waals surface area contributed by atoms with Crippen molar-refractivity contribution in [1.82, 2.24) is 20.0 Å². The van der Waals surface area contributed by atoms with Crippen molar-refractivity contribution in [2.24, 2.45) is 0 Å². The van der Waals surface area contributed by atoms with E-state index >= 15 is 0 Å². The van der Waals surface area contributed by atoms with Crippen LogP contribution in [0.1, 0.15) is 0 Å². The Hall–Kier alpha value is -1.94. The Labute approximate surface area is 96.5 Å². The van der Waals surface area contributed by atoms with Crippen LogP contribution in [-0.2, 0) is 0 Å². The fraction of sp³-hybridized carbons (Fsp3) is 0. The summed E-state index contributed by atoms with van der Waals surface area (Å²) in [5, 5.41) is 8.52. The molecule has 0 N–H and O–H groups in total. The molecular formula is C11H7ClN4. The Balaban J connectivity index is 2.29. The number of fused-ring (bicyclic) bond motifs is 1. The van der Waals surface area contributed by atoms with Crippen molar-refractivity contribution in [3.05, 3.63) is 47.6 Å². The van der Waals surface area contributed by atoms with Gasteiger partial charge < -0.3 is 0 Å². The SMILES string of the molecule is Clc1ccc2nnn(-c3ccccc3)c2n1. The van der Waals surface area contributed by atoms with Gasteiger partial charge in [0.2, 0.25) is 0 Å². The van der Waals surface area contributed by atoms with Gasteiger partial charge in [0.25, 0.3) is 0 Å². The number of halogens is 1. The zero-order valence-corrected chi connectivity index (χ0v) is 8.96. The molecule has 0 aliphatic rings. The van der Waals surface area contributed by atoms with E-state index in [0.29, 0.717) is 10.8 Å². The summed E-state index contributed by atoms with van der Waals surface area (Å²) >= 11 is 5.86. The summed E-state index contributed by atoms with van der Waals surface area (Å²) in [7, 11) is 0. The lowest BCUT2D eigenvalue weighted by Crippen LogP contribution is -1.97. The zero-order valence-electron chi connectivity index (χ0n) is 8.21. The van der Waals surface area contributed by atoms with Gasteiger partial charge >= 0.3 is 0 Å². The van der Waals surface area contributed by atoms with Gasteiger partial charge in [-0.1, -0.05) is 35.0 Å². The van der Waals surface area contributed by atoms with E-state index in [0.717, 1.165) is 11.2 Å². The molecule has 0 radical (unpaired) electrons. The molecule has 3 rings (SSSR count). The normalized spacial score (nSPS) is 10.8. The van der Waals surface area contributed by atoms with Crippen LogP contribution in [0.4, 0.5) is 0 Å². The highest BCUT2D eigenvalue weighted by Crippen LogP contribution is 2.16. The standard InChI is InChI=1S/C11H7ClN4/c12-10-7-6-9-11(13-10)16(15-14-9)8-4-2-1-3-5-8/h1-7H. The highest BCUT2D eigenvalue weighted by Gasteiger charge is 2.07. The molecule has 5 heteroatoms. The molecule has 3 aromatic rings. The smallest absolute Gasteiger partial charge is 0.185 e. The van der Waals surface area contributed by atoms with Gasteiger partial charge in [0.05, 0.1) is 5.69 Å². The van der Waals surface area contributed by atoms with Crippen molar-refractivity contribution in [1.29, 1.82) is 0 Å². The summed E-state index contributed by atoms with van der Waals surface area (Å²) in [6, 6.07) is 13.2.